The van der Waals surface area contributed by atoms with Crippen LogP contribution in [0.25, 0.3) is 0 Å². The second-order valence-corrected chi connectivity index (χ2v) is 13.7. The van der Waals surface area contributed by atoms with Crippen molar-refractivity contribution in [2.75, 3.05) is 26.4 Å². The predicted octanol–water partition coefficient (Wildman–Crippen LogP) is 8.73. The van der Waals surface area contributed by atoms with E-state index in [1.165, 1.54) is 24.3 Å². The molecule has 3 rings (SSSR count). The number of unbranched alkanes of at least 4 members (excludes halogenated alkanes) is 4. The summed E-state index contributed by atoms with van der Waals surface area (Å²) in [5, 5.41) is -0.230. The van der Waals surface area contributed by atoms with Gasteiger partial charge in [-0.1, -0.05) is 59.6 Å². The molecule has 1 saturated carbocycles. The second kappa shape index (κ2) is 23.0. The van der Waals surface area contributed by atoms with E-state index in [2.05, 4.69) is 13.2 Å². The summed E-state index contributed by atoms with van der Waals surface area (Å²) < 4.78 is 31.3. The number of carbonyl (C=O) groups is 6. The first kappa shape index (κ1) is 44.3. The van der Waals surface area contributed by atoms with E-state index < -0.39 is 47.7 Å². The number of esters is 6. The number of ether oxygens (including phenoxy) is 6. The number of hydrogen-bond acceptors (Lipinski definition) is 12. The molecule has 0 aliphatic heterocycles. The van der Waals surface area contributed by atoms with Crippen LogP contribution in [-0.4, -0.2) is 62.2 Å². The highest BCUT2D eigenvalue weighted by Crippen LogP contribution is 2.39. The van der Waals surface area contributed by atoms with Crippen molar-refractivity contribution in [1.29, 1.82) is 0 Å². The Bertz CT molecular complexity index is 1530. The van der Waals surface area contributed by atoms with Crippen LogP contribution in [0.1, 0.15) is 84.9 Å². The van der Waals surface area contributed by atoms with Crippen LogP contribution >= 0.6 is 46.4 Å². The van der Waals surface area contributed by atoms with Crippen LogP contribution in [-0.2, 0) is 38.1 Å². The van der Waals surface area contributed by atoms with Gasteiger partial charge in [0.05, 0.1) is 69.5 Å². The average Bonchev–Trinajstić information content (AvgIpc) is 3.15. The van der Waals surface area contributed by atoms with Crippen molar-refractivity contribution >= 4 is 82.2 Å². The quantitative estimate of drug-likeness (QED) is 0.0412. The lowest BCUT2D eigenvalue weighted by molar-refractivity contribution is -0.145. The van der Waals surface area contributed by atoms with Gasteiger partial charge in [0.2, 0.25) is 0 Å². The van der Waals surface area contributed by atoms with Crippen LogP contribution < -0.4 is 9.47 Å². The van der Waals surface area contributed by atoms with Crippen molar-refractivity contribution in [3.05, 3.63) is 80.8 Å². The molecule has 2 aromatic rings. The number of halogens is 4. The molecule has 54 heavy (non-hydrogen) atoms. The van der Waals surface area contributed by atoms with Crippen LogP contribution in [0, 0.1) is 11.8 Å². The largest absolute Gasteiger partial charge is 0.463 e. The lowest BCUT2D eigenvalue weighted by Gasteiger charge is -2.26. The fourth-order valence-corrected chi connectivity index (χ4v) is 6.33. The van der Waals surface area contributed by atoms with Crippen molar-refractivity contribution in [3.8, 4) is 11.5 Å². The molecule has 292 valence electrons. The van der Waals surface area contributed by atoms with E-state index >= 15 is 0 Å². The Morgan fingerprint density at radius 1 is 0.519 bits per heavy atom. The van der Waals surface area contributed by atoms with E-state index in [1.807, 2.05) is 0 Å². The standard InChI is InChI=1S/C38H40Cl4O12/c1-3-31(43)49-15-7-5-9-17-51-35(45)25-19-27(39)33(28(40)20-25)53-37(47)23-11-13-24(14-12-23)38(48)54-34-29(41)21-26(22-30(34)42)36(46)52-18-10-6-8-16-50-32(44)4-2/h3-4,19-24H,1-2,5-18H2. The summed E-state index contributed by atoms with van der Waals surface area (Å²) in [6.07, 6.45) is 7.01. The van der Waals surface area contributed by atoms with Crippen molar-refractivity contribution in [3.63, 3.8) is 0 Å². The molecule has 0 spiro atoms. The van der Waals surface area contributed by atoms with Gasteiger partial charge < -0.3 is 28.4 Å². The maximum atomic E-state index is 13.0. The second-order valence-electron chi connectivity index (χ2n) is 12.1. The molecule has 0 amide bonds. The van der Waals surface area contributed by atoms with Gasteiger partial charge >= 0.3 is 35.8 Å². The van der Waals surface area contributed by atoms with Gasteiger partial charge in [-0.25, -0.2) is 19.2 Å². The average molecular weight is 831 g/mol. The Hall–Kier alpha value is -4.10. The monoisotopic (exact) mass is 828 g/mol. The molecule has 12 nitrogen and oxygen atoms in total. The van der Waals surface area contributed by atoms with Crippen LogP contribution in [0.4, 0.5) is 0 Å². The first-order valence-corrected chi connectivity index (χ1v) is 18.7. The minimum atomic E-state index is -0.661. The van der Waals surface area contributed by atoms with Crippen molar-refractivity contribution < 1.29 is 57.2 Å². The van der Waals surface area contributed by atoms with Gasteiger partial charge in [0.15, 0.2) is 11.5 Å². The first-order valence-electron chi connectivity index (χ1n) is 17.2. The zero-order valence-electron chi connectivity index (χ0n) is 29.3. The van der Waals surface area contributed by atoms with Gasteiger partial charge in [-0.15, -0.1) is 0 Å². The molecule has 16 heteroatoms. The van der Waals surface area contributed by atoms with Crippen molar-refractivity contribution in [1.82, 2.24) is 0 Å². The Morgan fingerprint density at radius 2 is 0.815 bits per heavy atom. The number of rotatable bonds is 20. The topological polar surface area (TPSA) is 158 Å². The summed E-state index contributed by atoms with van der Waals surface area (Å²) in [4.78, 5) is 73.1. The molecule has 0 N–H and O–H groups in total. The zero-order chi connectivity index (χ0) is 39.6. The summed E-state index contributed by atoms with van der Waals surface area (Å²) in [7, 11) is 0. The summed E-state index contributed by atoms with van der Waals surface area (Å²) in [5.74, 6) is -4.82. The molecule has 0 bridgehead atoms. The van der Waals surface area contributed by atoms with E-state index in [0.29, 0.717) is 64.2 Å². The van der Waals surface area contributed by atoms with Gasteiger partial charge in [0.1, 0.15) is 0 Å². The van der Waals surface area contributed by atoms with E-state index in [9.17, 15) is 28.8 Å². The van der Waals surface area contributed by atoms with Gasteiger partial charge in [-0.2, -0.15) is 0 Å². The van der Waals surface area contributed by atoms with Crippen LogP contribution in [0.15, 0.2) is 49.6 Å². The molecule has 1 aliphatic carbocycles. The summed E-state index contributed by atoms with van der Waals surface area (Å²) >= 11 is 25.3. The Labute approximate surface area is 332 Å². The molecule has 0 heterocycles. The smallest absolute Gasteiger partial charge is 0.338 e. The molecular weight excluding hydrogens is 790 g/mol. The van der Waals surface area contributed by atoms with E-state index in [4.69, 9.17) is 74.8 Å². The van der Waals surface area contributed by atoms with Gasteiger partial charge in [0, 0.05) is 12.2 Å². The third-order valence-corrected chi connectivity index (χ3v) is 9.26. The molecule has 0 radical (unpaired) electrons. The van der Waals surface area contributed by atoms with Crippen molar-refractivity contribution in [2.45, 2.75) is 64.2 Å². The van der Waals surface area contributed by atoms with E-state index in [-0.39, 0.29) is 69.1 Å². The summed E-state index contributed by atoms with van der Waals surface area (Å²) in [5.41, 5.74) is 0.153. The van der Waals surface area contributed by atoms with Gasteiger partial charge in [-0.05, 0) is 88.5 Å². The van der Waals surface area contributed by atoms with Crippen molar-refractivity contribution in [2.24, 2.45) is 11.8 Å². The predicted molar refractivity (Wildman–Crippen MR) is 200 cm³/mol. The molecule has 1 aliphatic rings. The number of carbonyl (C=O) groups excluding carboxylic acids is 6. The molecule has 0 saturated heterocycles. The molecule has 1 fully saturated rings. The van der Waals surface area contributed by atoms with Crippen LogP contribution in [0.2, 0.25) is 20.1 Å². The number of benzene rings is 2. The fraction of sp³-hybridized carbons (Fsp3) is 0.421. The van der Waals surface area contributed by atoms with Gasteiger partial charge in [-0.3, -0.25) is 9.59 Å². The normalized spacial score (nSPS) is 15.0. The lowest BCUT2D eigenvalue weighted by Crippen LogP contribution is -2.30. The minimum Gasteiger partial charge on any atom is -0.463 e. The van der Waals surface area contributed by atoms with Gasteiger partial charge in [0.25, 0.3) is 0 Å². The zero-order valence-corrected chi connectivity index (χ0v) is 32.4. The van der Waals surface area contributed by atoms with Crippen LogP contribution in [0.5, 0.6) is 11.5 Å². The third kappa shape index (κ3) is 14.3. The summed E-state index contributed by atoms with van der Waals surface area (Å²) in [6.45, 7) is 7.37. The van der Waals surface area contributed by atoms with E-state index in [1.54, 1.807) is 0 Å². The van der Waals surface area contributed by atoms with Crippen LogP contribution in [0.3, 0.4) is 0 Å². The molecule has 2 aromatic carbocycles. The van der Waals surface area contributed by atoms with E-state index in [0.717, 1.165) is 12.2 Å². The molecule has 0 unspecified atom stereocenters. The highest BCUT2D eigenvalue weighted by atomic mass is 35.5. The first-order chi connectivity index (χ1) is 25.8. The summed E-state index contributed by atoms with van der Waals surface area (Å²) in [6, 6.07) is 5.18. The molecule has 0 aromatic heterocycles. The SMILES string of the molecule is C=CC(=O)OCCCCCOC(=O)c1cc(Cl)c(OC(=O)C2CCC(C(=O)Oc3c(Cl)cc(C(=O)OCCCCCOC(=O)C=C)cc3Cl)CC2)c(Cl)c1. The third-order valence-electron chi connectivity index (χ3n) is 8.13. The molecular formula is C38H40Cl4O12. The number of hydrogen-bond donors (Lipinski definition) is 0. The maximum absolute atomic E-state index is 13.0. The highest BCUT2D eigenvalue weighted by Gasteiger charge is 2.33. The Kier molecular flexibility index (Phi) is 18.8. The highest BCUT2D eigenvalue weighted by molar-refractivity contribution is 6.38. The maximum Gasteiger partial charge on any atom is 0.338 e. The Balaban J connectivity index is 1.43. The minimum absolute atomic E-state index is 0.0576. The Morgan fingerprint density at radius 3 is 1.11 bits per heavy atom. The fourth-order valence-electron chi connectivity index (χ4n) is 5.20. The lowest BCUT2D eigenvalue weighted by atomic mass is 9.82. The molecule has 0 atom stereocenters.